The molecule has 0 saturated carbocycles. The van der Waals surface area contributed by atoms with E-state index in [2.05, 4.69) is 69.3 Å². The van der Waals surface area contributed by atoms with Crippen LogP contribution in [0.1, 0.15) is 12.0 Å². The summed E-state index contributed by atoms with van der Waals surface area (Å²) in [6, 6.07) is 35.4. The highest BCUT2D eigenvalue weighted by molar-refractivity contribution is 7.44. The van der Waals surface area contributed by atoms with Gasteiger partial charge >= 0.3 is 8.10 Å². The second-order valence-electron chi connectivity index (χ2n) is 8.14. The lowest BCUT2D eigenvalue weighted by Crippen LogP contribution is -2.29. The first kappa shape index (κ1) is 20.7. The summed E-state index contributed by atoms with van der Waals surface area (Å²) in [6.07, 6.45) is 0.921. The number of nitrogens with one attached hydrogen (secondary N) is 1. The first-order valence-corrected chi connectivity index (χ1v) is 12.3. The first-order chi connectivity index (χ1) is 15.8. The van der Waals surface area contributed by atoms with E-state index in [9.17, 15) is 4.57 Å². The molecule has 5 heteroatoms. The smallest absolute Gasteiger partial charge is 0.385 e. The topological polar surface area (TPSA) is 35.6 Å². The van der Waals surface area contributed by atoms with E-state index in [-0.39, 0.29) is 6.04 Å². The van der Waals surface area contributed by atoms with Gasteiger partial charge in [-0.15, -0.1) is 4.67 Å². The number of hydrogen-bond donors (Lipinski definition) is 1. The maximum atomic E-state index is 13.7. The van der Waals surface area contributed by atoms with Crippen LogP contribution in [0.3, 0.4) is 0 Å². The van der Waals surface area contributed by atoms with Gasteiger partial charge in [-0.2, -0.15) is 0 Å². The Bertz CT molecular complexity index is 1190. The Hall–Kier alpha value is -3.20. The van der Waals surface area contributed by atoms with Crippen molar-refractivity contribution in [2.24, 2.45) is 0 Å². The molecule has 0 amide bonds. The molecular weight excluding hydrogens is 413 g/mol. The van der Waals surface area contributed by atoms with Crippen molar-refractivity contribution in [3.8, 4) is 0 Å². The Morgan fingerprint density at radius 2 is 1.50 bits per heavy atom. The number of para-hydroxylation sites is 2. The van der Waals surface area contributed by atoms with Crippen molar-refractivity contribution in [1.29, 1.82) is 0 Å². The molecule has 1 unspecified atom stereocenters. The second kappa shape index (κ2) is 9.52. The third-order valence-corrected chi connectivity index (χ3v) is 7.79. The van der Waals surface area contributed by atoms with Crippen LogP contribution < -0.4 is 9.99 Å². The van der Waals surface area contributed by atoms with Crippen LogP contribution in [-0.2, 0) is 11.1 Å². The number of rotatable bonds is 7. The van der Waals surface area contributed by atoms with Crippen LogP contribution in [-0.4, -0.2) is 23.8 Å². The zero-order chi connectivity index (χ0) is 21.8. The Morgan fingerprint density at radius 1 is 0.812 bits per heavy atom. The van der Waals surface area contributed by atoms with Crippen molar-refractivity contribution in [1.82, 2.24) is 4.67 Å². The van der Waals surface area contributed by atoms with E-state index in [1.165, 1.54) is 16.3 Å². The molecule has 0 radical (unpaired) electrons. The quantitative estimate of drug-likeness (QED) is 0.325. The van der Waals surface area contributed by atoms with Crippen LogP contribution in [0, 0.1) is 0 Å². The summed E-state index contributed by atoms with van der Waals surface area (Å²) >= 11 is 0. The first-order valence-electron chi connectivity index (χ1n) is 11.1. The minimum absolute atomic E-state index is 0.203. The summed E-state index contributed by atoms with van der Waals surface area (Å²) in [5.74, 6) is 0. The van der Waals surface area contributed by atoms with E-state index >= 15 is 0 Å². The van der Waals surface area contributed by atoms with Gasteiger partial charge < -0.3 is 5.32 Å². The zero-order valence-corrected chi connectivity index (χ0v) is 18.9. The fourth-order valence-electron chi connectivity index (χ4n) is 4.42. The van der Waals surface area contributed by atoms with E-state index < -0.39 is 8.10 Å². The Labute approximate surface area is 190 Å². The van der Waals surface area contributed by atoms with Gasteiger partial charge in [0.25, 0.3) is 0 Å². The van der Waals surface area contributed by atoms with Gasteiger partial charge in [0.15, 0.2) is 0 Å². The van der Waals surface area contributed by atoms with Gasteiger partial charge in [-0.05, 0) is 51.6 Å². The van der Waals surface area contributed by atoms with Gasteiger partial charge in [-0.3, -0.25) is 0 Å². The minimum atomic E-state index is -1.67. The van der Waals surface area contributed by atoms with Gasteiger partial charge in [0.05, 0.1) is 24.8 Å². The molecule has 4 nitrogen and oxygen atoms in total. The maximum absolute atomic E-state index is 13.7. The lowest BCUT2D eigenvalue weighted by atomic mass is 10.0. The molecule has 2 atom stereocenters. The number of benzene rings is 4. The molecule has 0 spiro atoms. The third-order valence-electron chi connectivity index (χ3n) is 6.08. The van der Waals surface area contributed by atoms with Crippen LogP contribution in [0.5, 0.6) is 0 Å². The predicted molar refractivity (Wildman–Crippen MR) is 134 cm³/mol. The van der Waals surface area contributed by atoms with E-state index in [1.54, 1.807) is 0 Å². The molecule has 0 bridgehead atoms. The zero-order valence-electron chi connectivity index (χ0n) is 18.0. The normalized spacial score (nSPS) is 17.7. The van der Waals surface area contributed by atoms with Crippen molar-refractivity contribution in [3.63, 3.8) is 0 Å². The molecule has 0 aliphatic carbocycles. The molecule has 1 aliphatic heterocycles. The average Bonchev–Trinajstić information content (AvgIpc) is 3.16. The molecule has 0 aromatic heterocycles. The van der Waals surface area contributed by atoms with Crippen LogP contribution in [0.25, 0.3) is 10.8 Å². The van der Waals surface area contributed by atoms with Gasteiger partial charge in [0, 0.05) is 12.2 Å². The van der Waals surface area contributed by atoms with Crippen molar-refractivity contribution < 1.29 is 4.57 Å². The molecule has 5 rings (SSSR count). The Morgan fingerprint density at radius 3 is 2.31 bits per heavy atom. The predicted octanol–water partition coefficient (Wildman–Crippen LogP) is 6.69. The van der Waals surface area contributed by atoms with Crippen LogP contribution in [0.15, 0.2) is 103 Å². The van der Waals surface area contributed by atoms with Crippen molar-refractivity contribution >= 4 is 30.2 Å². The summed E-state index contributed by atoms with van der Waals surface area (Å²) in [6.45, 7) is 2.28. The van der Waals surface area contributed by atoms with E-state index in [4.69, 9.17) is 0 Å². The lowest BCUT2D eigenvalue weighted by molar-refractivity contribution is 0.344. The van der Waals surface area contributed by atoms with Gasteiger partial charge in [0.2, 0.25) is 0 Å². The highest BCUT2D eigenvalue weighted by atomic mass is 31.1. The molecule has 4 aromatic rings. The number of fused-ring (bicyclic) bond motifs is 1. The summed E-state index contributed by atoms with van der Waals surface area (Å²) in [5, 5.41) is 5.97. The molecule has 1 N–H and O–H groups in total. The van der Waals surface area contributed by atoms with Crippen molar-refractivity contribution in [3.05, 3.63) is 109 Å². The number of hydrogen-bond acceptors (Lipinski definition) is 2. The SMILES string of the molecule is O=[P+]1N(c2ccccc2)C[C@H](CCNc2ccccc2)N1Cc1cccc2ccccc12. The summed E-state index contributed by atoms with van der Waals surface area (Å²) in [7, 11) is -1.67. The molecule has 1 heterocycles. The number of nitrogens with zero attached hydrogens (tertiary/aromatic N) is 2. The molecule has 4 aromatic carbocycles. The van der Waals surface area contributed by atoms with E-state index in [0.717, 1.165) is 30.9 Å². The minimum Gasteiger partial charge on any atom is -0.385 e. The molecule has 1 aliphatic rings. The van der Waals surface area contributed by atoms with Gasteiger partial charge in [0.1, 0.15) is 0 Å². The van der Waals surface area contributed by atoms with Crippen LogP contribution in [0.2, 0.25) is 0 Å². The van der Waals surface area contributed by atoms with E-state index in [1.807, 2.05) is 48.5 Å². The Balaban J connectivity index is 1.39. The lowest BCUT2D eigenvalue weighted by Gasteiger charge is -2.16. The van der Waals surface area contributed by atoms with Crippen molar-refractivity contribution in [2.45, 2.75) is 19.0 Å². The molecule has 1 saturated heterocycles. The molecule has 1 fully saturated rings. The molecular formula is C27H27N3OP+. The Kier molecular flexibility index (Phi) is 6.15. The molecule has 160 valence electrons. The van der Waals surface area contributed by atoms with Gasteiger partial charge in [-0.1, -0.05) is 83.5 Å². The second-order valence-corrected chi connectivity index (χ2v) is 9.64. The van der Waals surface area contributed by atoms with Gasteiger partial charge in [-0.25, -0.2) is 0 Å². The average molecular weight is 441 g/mol. The summed E-state index contributed by atoms with van der Waals surface area (Å²) in [5.41, 5.74) is 3.37. The fraction of sp³-hybridized carbons (Fsp3) is 0.185. The summed E-state index contributed by atoms with van der Waals surface area (Å²) < 4.78 is 17.9. The largest absolute Gasteiger partial charge is 0.567 e. The van der Waals surface area contributed by atoms with E-state index in [0.29, 0.717) is 6.54 Å². The summed E-state index contributed by atoms with van der Waals surface area (Å²) in [4.78, 5) is 0. The van der Waals surface area contributed by atoms with Crippen LogP contribution in [0.4, 0.5) is 11.4 Å². The molecule has 32 heavy (non-hydrogen) atoms. The maximum Gasteiger partial charge on any atom is 0.567 e. The highest BCUT2D eigenvalue weighted by Crippen LogP contribution is 2.46. The van der Waals surface area contributed by atoms with Crippen molar-refractivity contribution in [2.75, 3.05) is 23.1 Å². The monoisotopic (exact) mass is 440 g/mol. The fourth-order valence-corrected chi connectivity index (χ4v) is 6.10. The number of anilines is 2. The standard InChI is InChI=1S/C27H27N3OP/c31-32-29(20-23-12-9-11-22-10-7-8-17-27(22)23)26(18-19-28-24-13-3-1-4-14-24)21-30(32)25-15-5-2-6-16-25/h1-17,26,28H,18-21H2/q+1/t26-/m0/s1. The third kappa shape index (κ3) is 4.38. The highest BCUT2D eigenvalue weighted by Gasteiger charge is 2.50. The van der Waals surface area contributed by atoms with Crippen LogP contribution >= 0.6 is 8.10 Å².